The van der Waals surface area contributed by atoms with Crippen molar-refractivity contribution in [3.05, 3.63) is 0 Å². The second kappa shape index (κ2) is 9.19. The third kappa shape index (κ3) is 84.7. The average Bonchev–Trinajstić information content (AvgIpc) is 2.00. The maximum atomic E-state index is 8.97. The second-order valence-corrected chi connectivity index (χ2v) is 14.3. The van der Waals surface area contributed by atoms with Crippen LogP contribution in [0.15, 0.2) is 0 Å². The molecule has 0 saturated carbocycles. The summed E-state index contributed by atoms with van der Waals surface area (Å²) in [6, 6.07) is 1.93. The Kier molecular flexibility index (Phi) is 12.1. The van der Waals surface area contributed by atoms with Gasteiger partial charge in [-0.15, -0.1) is 0 Å². The van der Waals surface area contributed by atoms with E-state index < -0.39 is 27.0 Å². The predicted molar refractivity (Wildman–Crippen MR) is 74.5 cm³/mol. The normalized spacial score (nSPS) is 11.9. The van der Waals surface area contributed by atoms with Crippen LogP contribution in [0.1, 0.15) is 13.8 Å². The van der Waals surface area contributed by atoms with Crippen molar-refractivity contribution in [3.63, 3.8) is 0 Å². The van der Waals surface area contributed by atoms with Gasteiger partial charge < -0.3 is 9.59 Å². The second-order valence-electron chi connectivity index (χ2n) is 4.78. The number of hydrogen-bond donors (Lipinski definition) is 4. The van der Waals surface area contributed by atoms with Gasteiger partial charge in [0.2, 0.25) is 0 Å². The molecular weight excluding hydrogens is 280 g/mol. The molecule has 0 saturated heterocycles. The molecule has 0 aromatic rings. The fourth-order valence-corrected chi connectivity index (χ4v) is 0. The molecule has 4 N–H and O–H groups in total. The van der Waals surface area contributed by atoms with Gasteiger partial charge in [-0.25, -0.2) is 0 Å². The summed E-state index contributed by atoms with van der Waals surface area (Å²) in [7, 11) is -7.93. The van der Waals surface area contributed by atoms with Crippen LogP contribution in [-0.4, -0.2) is 43.7 Å². The van der Waals surface area contributed by atoms with E-state index in [1.165, 1.54) is 0 Å². The molecule has 0 unspecified atom stereocenters. The molecule has 0 heterocycles. The third-order valence-electron chi connectivity index (χ3n) is 1.73. The van der Waals surface area contributed by atoms with Crippen molar-refractivity contribution < 1.29 is 27.1 Å². The third-order valence-corrected chi connectivity index (χ3v) is 5.19. The Hall–Kier alpha value is 0.224. The van der Waals surface area contributed by atoms with Crippen molar-refractivity contribution in [1.29, 1.82) is 0 Å². The average molecular weight is 307 g/mol. The summed E-state index contributed by atoms with van der Waals surface area (Å²) in [5, 5.41) is 0. The smallest absolute Gasteiger partial charge is 0.394 e. The first kappa shape index (κ1) is 22.4. The highest BCUT2D eigenvalue weighted by molar-refractivity contribution is 7.79. The van der Waals surface area contributed by atoms with Crippen molar-refractivity contribution in [1.82, 2.24) is 0 Å². The maximum Gasteiger partial charge on any atom is 0.394 e. The minimum Gasteiger partial charge on any atom is -0.432 e. The summed E-state index contributed by atoms with van der Waals surface area (Å²) >= 11 is 0. The lowest BCUT2D eigenvalue weighted by Gasteiger charge is -2.07. The topological polar surface area (TPSA) is 115 Å². The molecule has 0 aromatic heterocycles. The van der Waals surface area contributed by atoms with Crippen LogP contribution in [-0.2, 0) is 10.4 Å². The summed E-state index contributed by atoms with van der Waals surface area (Å²) < 4.78 is 31.6. The predicted octanol–water partition coefficient (Wildman–Crippen LogP) is 1.75. The van der Waals surface area contributed by atoms with Gasteiger partial charge in [0.15, 0.2) is 16.6 Å². The van der Waals surface area contributed by atoms with Crippen LogP contribution >= 0.6 is 0 Å². The summed E-state index contributed by atoms with van der Waals surface area (Å²) in [6.45, 7) is 11.8. The van der Waals surface area contributed by atoms with Gasteiger partial charge in [-0.3, -0.25) is 9.11 Å². The lowest BCUT2D eigenvalue weighted by atomic mass is 11.0. The first-order chi connectivity index (χ1) is 7.12. The molecule has 0 aromatic carbocycles. The van der Waals surface area contributed by atoms with Gasteiger partial charge in [-0.2, -0.15) is 8.42 Å². The van der Waals surface area contributed by atoms with E-state index in [0.29, 0.717) is 0 Å². The standard InChI is InChI=1S/2C4H12OSi.H2O4S/c2*1-4-6(2,3)5;1-5(2,3)4/h2*5H,4H2,1-3H3;(H2,1,2,3,4). The molecular formula is C8H26O6SSi2. The van der Waals surface area contributed by atoms with E-state index in [2.05, 4.69) is 0 Å². The van der Waals surface area contributed by atoms with E-state index in [1.807, 2.05) is 40.0 Å². The van der Waals surface area contributed by atoms with E-state index in [-0.39, 0.29) is 0 Å². The minimum atomic E-state index is -4.67. The molecule has 0 radical (unpaired) electrons. The van der Waals surface area contributed by atoms with Gasteiger partial charge >= 0.3 is 10.4 Å². The van der Waals surface area contributed by atoms with Gasteiger partial charge in [0.1, 0.15) is 0 Å². The molecule has 17 heavy (non-hydrogen) atoms. The van der Waals surface area contributed by atoms with Crippen LogP contribution in [0.2, 0.25) is 38.3 Å². The summed E-state index contributed by atoms with van der Waals surface area (Å²) in [5.74, 6) is 0. The summed E-state index contributed by atoms with van der Waals surface area (Å²) in [5.41, 5.74) is 0. The molecule has 0 aliphatic carbocycles. The van der Waals surface area contributed by atoms with Crippen LogP contribution in [0.5, 0.6) is 0 Å². The molecule has 9 heteroatoms. The molecule has 0 spiro atoms. The molecule has 0 aliphatic heterocycles. The van der Waals surface area contributed by atoms with E-state index in [1.54, 1.807) is 0 Å². The van der Waals surface area contributed by atoms with Crippen molar-refractivity contribution in [2.45, 2.75) is 52.1 Å². The summed E-state index contributed by atoms with van der Waals surface area (Å²) in [6.07, 6.45) is 0. The Bertz CT molecular complexity index is 243. The zero-order valence-electron chi connectivity index (χ0n) is 11.4. The lowest BCUT2D eigenvalue weighted by Crippen LogP contribution is -2.22. The maximum absolute atomic E-state index is 8.97. The van der Waals surface area contributed by atoms with Crippen LogP contribution in [0.3, 0.4) is 0 Å². The van der Waals surface area contributed by atoms with E-state index in [4.69, 9.17) is 27.1 Å². The highest BCUT2D eigenvalue weighted by Gasteiger charge is 2.11. The molecule has 0 rings (SSSR count). The largest absolute Gasteiger partial charge is 0.432 e. The number of hydrogen-bond acceptors (Lipinski definition) is 4. The molecule has 6 nitrogen and oxygen atoms in total. The fourth-order valence-electron chi connectivity index (χ4n) is 0. The van der Waals surface area contributed by atoms with E-state index >= 15 is 0 Å². The Morgan fingerprint density at radius 2 is 0.882 bits per heavy atom. The molecule has 108 valence electrons. The molecule has 0 bridgehead atoms. The van der Waals surface area contributed by atoms with Gasteiger partial charge in [0.05, 0.1) is 0 Å². The first-order valence-electron chi connectivity index (χ1n) is 5.27. The first-order valence-corrected chi connectivity index (χ1v) is 13.0. The Morgan fingerprint density at radius 1 is 0.824 bits per heavy atom. The Balaban J connectivity index is -0.000000174. The van der Waals surface area contributed by atoms with Gasteiger partial charge in [0.25, 0.3) is 0 Å². The van der Waals surface area contributed by atoms with E-state index in [9.17, 15) is 0 Å². The van der Waals surface area contributed by atoms with Crippen LogP contribution in [0.25, 0.3) is 0 Å². The molecule has 0 amide bonds. The van der Waals surface area contributed by atoms with Crippen LogP contribution in [0.4, 0.5) is 0 Å². The molecule has 0 aliphatic rings. The van der Waals surface area contributed by atoms with Crippen LogP contribution in [0, 0.1) is 0 Å². The zero-order chi connectivity index (χ0) is 14.9. The number of rotatable bonds is 2. The Labute approximate surface area is 107 Å². The highest BCUT2D eigenvalue weighted by atomic mass is 32.3. The van der Waals surface area contributed by atoms with Gasteiger partial charge in [-0.05, 0) is 38.3 Å². The van der Waals surface area contributed by atoms with Crippen molar-refractivity contribution in [2.24, 2.45) is 0 Å². The monoisotopic (exact) mass is 306 g/mol. The van der Waals surface area contributed by atoms with Crippen molar-refractivity contribution in [3.8, 4) is 0 Å². The van der Waals surface area contributed by atoms with E-state index in [0.717, 1.165) is 12.1 Å². The van der Waals surface area contributed by atoms with Crippen molar-refractivity contribution >= 4 is 27.0 Å². The lowest BCUT2D eigenvalue weighted by molar-refractivity contribution is 0.381. The highest BCUT2D eigenvalue weighted by Crippen LogP contribution is 2.00. The minimum absolute atomic E-state index is 0.965. The molecule has 0 atom stereocenters. The van der Waals surface area contributed by atoms with Crippen molar-refractivity contribution in [2.75, 3.05) is 0 Å². The van der Waals surface area contributed by atoms with Gasteiger partial charge in [-0.1, -0.05) is 13.8 Å². The quantitative estimate of drug-likeness (QED) is 0.456. The fraction of sp³-hybridized carbons (Fsp3) is 1.00. The Morgan fingerprint density at radius 3 is 0.882 bits per heavy atom. The van der Waals surface area contributed by atoms with Crippen LogP contribution < -0.4 is 0 Å². The SMILES string of the molecule is CC[Si](C)(C)O.CC[Si](C)(C)O.O=S(=O)(O)O. The zero-order valence-corrected chi connectivity index (χ0v) is 14.2. The molecule has 0 fully saturated rings. The summed E-state index contributed by atoms with van der Waals surface area (Å²) in [4.78, 5) is 17.9. The van der Waals surface area contributed by atoms with Gasteiger partial charge in [0, 0.05) is 0 Å².